The Hall–Kier alpha value is -1.76. The summed E-state index contributed by atoms with van der Waals surface area (Å²) >= 11 is 0.662. The topological polar surface area (TPSA) is 46.2 Å². The Labute approximate surface area is 104 Å². The highest BCUT2D eigenvalue weighted by Gasteiger charge is 2.30. The molecule has 94 valence electrons. The van der Waals surface area contributed by atoms with Crippen LogP contribution in [0.25, 0.3) is 6.08 Å². The van der Waals surface area contributed by atoms with Crippen LogP contribution in [0, 0.1) is 0 Å². The van der Waals surface area contributed by atoms with Gasteiger partial charge in [-0.15, -0.1) is 0 Å². The lowest BCUT2D eigenvalue weighted by molar-refractivity contribution is -0.137. The van der Waals surface area contributed by atoms with Crippen LogP contribution in [0.3, 0.4) is 0 Å². The number of rotatable bonds is 1. The molecule has 0 unspecified atom stereocenters. The van der Waals surface area contributed by atoms with Crippen LogP contribution in [0.15, 0.2) is 29.2 Å². The molecule has 0 bridgehead atoms. The van der Waals surface area contributed by atoms with Crippen LogP contribution in [0.2, 0.25) is 0 Å². The van der Waals surface area contributed by atoms with Crippen LogP contribution in [-0.4, -0.2) is 11.1 Å². The molecule has 18 heavy (non-hydrogen) atoms. The van der Waals surface area contributed by atoms with Crippen molar-refractivity contribution in [2.75, 3.05) is 0 Å². The molecule has 0 aliphatic carbocycles. The average Bonchev–Trinajstić information content (AvgIpc) is 2.56. The summed E-state index contributed by atoms with van der Waals surface area (Å²) < 4.78 is 37.4. The van der Waals surface area contributed by atoms with E-state index in [4.69, 9.17) is 0 Å². The number of carbonyl (C=O) groups is 2. The molecule has 1 heterocycles. The highest BCUT2D eigenvalue weighted by molar-refractivity contribution is 8.18. The third kappa shape index (κ3) is 2.73. The molecule has 0 aromatic heterocycles. The summed E-state index contributed by atoms with van der Waals surface area (Å²) in [6.45, 7) is 0. The van der Waals surface area contributed by atoms with E-state index in [2.05, 4.69) is 0 Å². The number of nitrogens with one attached hydrogen (secondary N) is 1. The van der Waals surface area contributed by atoms with Crippen molar-refractivity contribution in [3.63, 3.8) is 0 Å². The predicted molar refractivity (Wildman–Crippen MR) is 60.6 cm³/mol. The lowest BCUT2D eigenvalue weighted by Crippen LogP contribution is -2.17. The maximum atomic E-state index is 12.5. The van der Waals surface area contributed by atoms with Crippen molar-refractivity contribution in [2.45, 2.75) is 6.18 Å². The molecule has 0 spiro atoms. The molecule has 1 aliphatic rings. The first kappa shape index (κ1) is 12.7. The number of amides is 2. The molecule has 7 heteroatoms. The van der Waals surface area contributed by atoms with Gasteiger partial charge in [-0.05, 0) is 35.5 Å². The van der Waals surface area contributed by atoms with Crippen molar-refractivity contribution in [2.24, 2.45) is 0 Å². The minimum Gasteiger partial charge on any atom is -0.282 e. The van der Waals surface area contributed by atoms with Crippen LogP contribution in [-0.2, 0) is 11.0 Å². The summed E-state index contributed by atoms with van der Waals surface area (Å²) in [4.78, 5) is 22.2. The zero-order valence-electron chi connectivity index (χ0n) is 8.75. The van der Waals surface area contributed by atoms with Crippen molar-refractivity contribution in [3.8, 4) is 0 Å². The molecule has 3 nitrogen and oxygen atoms in total. The van der Waals surface area contributed by atoms with E-state index in [0.29, 0.717) is 11.8 Å². The summed E-state index contributed by atoms with van der Waals surface area (Å²) in [5.74, 6) is -0.595. The van der Waals surface area contributed by atoms with Crippen LogP contribution in [0.1, 0.15) is 11.1 Å². The summed E-state index contributed by atoms with van der Waals surface area (Å²) in [6.07, 6.45) is -3.18. The van der Waals surface area contributed by atoms with Crippen molar-refractivity contribution < 1.29 is 22.8 Å². The molecule has 2 rings (SSSR count). The lowest BCUT2D eigenvalue weighted by atomic mass is 10.1. The van der Waals surface area contributed by atoms with Gasteiger partial charge in [-0.25, -0.2) is 0 Å². The molecule has 1 aliphatic heterocycles. The first-order chi connectivity index (χ1) is 8.36. The maximum Gasteiger partial charge on any atom is 0.416 e. The molecule has 0 radical (unpaired) electrons. The van der Waals surface area contributed by atoms with Gasteiger partial charge in [0.1, 0.15) is 0 Å². The van der Waals surface area contributed by atoms with Crippen LogP contribution in [0.5, 0.6) is 0 Å². The number of hydrogen-bond acceptors (Lipinski definition) is 3. The molecule has 0 saturated carbocycles. The summed E-state index contributed by atoms with van der Waals surface area (Å²) in [5.41, 5.74) is -0.580. The van der Waals surface area contributed by atoms with Gasteiger partial charge in [-0.2, -0.15) is 13.2 Å². The summed E-state index contributed by atoms with van der Waals surface area (Å²) in [6, 6.07) is 4.53. The number of alkyl halides is 3. The molecule has 0 atom stereocenters. The van der Waals surface area contributed by atoms with Gasteiger partial charge in [0.25, 0.3) is 11.1 Å². The zero-order chi connectivity index (χ0) is 13.3. The Morgan fingerprint density at radius 3 is 2.50 bits per heavy atom. The highest BCUT2D eigenvalue weighted by atomic mass is 32.2. The second kappa shape index (κ2) is 4.49. The first-order valence-electron chi connectivity index (χ1n) is 4.78. The van der Waals surface area contributed by atoms with Gasteiger partial charge in [-0.1, -0.05) is 12.1 Å². The number of benzene rings is 1. The maximum absolute atomic E-state index is 12.5. The lowest BCUT2D eigenvalue weighted by Gasteiger charge is -2.06. The zero-order valence-corrected chi connectivity index (χ0v) is 9.56. The fraction of sp³-hybridized carbons (Fsp3) is 0.0909. The van der Waals surface area contributed by atoms with E-state index in [0.717, 1.165) is 12.1 Å². The first-order valence-corrected chi connectivity index (χ1v) is 5.60. The summed E-state index contributed by atoms with van der Waals surface area (Å²) in [7, 11) is 0. The van der Waals surface area contributed by atoms with Gasteiger partial charge in [0.15, 0.2) is 0 Å². The quantitative estimate of drug-likeness (QED) is 0.800. The molecular formula is C11H6F3NO2S. The van der Waals surface area contributed by atoms with Crippen molar-refractivity contribution >= 4 is 29.0 Å². The second-order valence-corrected chi connectivity index (χ2v) is 4.49. The summed E-state index contributed by atoms with van der Waals surface area (Å²) in [5, 5.41) is 1.50. The van der Waals surface area contributed by atoms with E-state index in [-0.39, 0.29) is 10.5 Å². The molecule has 1 aromatic carbocycles. The largest absolute Gasteiger partial charge is 0.416 e. The molecule has 1 saturated heterocycles. The molecule has 1 fully saturated rings. The van der Waals surface area contributed by atoms with Crippen LogP contribution < -0.4 is 5.32 Å². The van der Waals surface area contributed by atoms with Gasteiger partial charge in [-0.3, -0.25) is 14.9 Å². The standard InChI is InChI=1S/C11H6F3NO2S/c12-11(13,14)7-3-1-2-6(4-7)5-8-9(16)15-10(17)18-8/h1-5H,(H,15,16,17). The van der Waals surface area contributed by atoms with Crippen molar-refractivity contribution in [1.29, 1.82) is 0 Å². The van der Waals surface area contributed by atoms with Gasteiger partial charge < -0.3 is 0 Å². The molecule has 2 amide bonds. The number of imide groups is 1. The van der Waals surface area contributed by atoms with E-state index in [1.54, 1.807) is 0 Å². The minimum atomic E-state index is -4.44. The fourth-order valence-electron chi connectivity index (χ4n) is 1.38. The van der Waals surface area contributed by atoms with E-state index >= 15 is 0 Å². The van der Waals surface area contributed by atoms with E-state index in [1.807, 2.05) is 5.32 Å². The average molecular weight is 273 g/mol. The molecular weight excluding hydrogens is 267 g/mol. The second-order valence-electron chi connectivity index (χ2n) is 3.48. The van der Waals surface area contributed by atoms with Crippen molar-refractivity contribution in [1.82, 2.24) is 5.32 Å². The SMILES string of the molecule is O=C1NC(=O)C(=Cc2cccc(C(F)(F)F)c2)S1. The monoisotopic (exact) mass is 273 g/mol. The predicted octanol–water partition coefficient (Wildman–Crippen LogP) is 3.03. The Morgan fingerprint density at radius 1 is 1.22 bits per heavy atom. The van der Waals surface area contributed by atoms with Crippen LogP contribution in [0.4, 0.5) is 18.0 Å². The Kier molecular flexibility index (Phi) is 3.16. The molecule has 1 N–H and O–H groups in total. The van der Waals surface area contributed by atoms with Gasteiger partial charge >= 0.3 is 6.18 Å². The molecule has 1 aromatic rings. The number of carbonyl (C=O) groups excluding carboxylic acids is 2. The Balaban J connectivity index is 2.33. The van der Waals surface area contributed by atoms with Crippen LogP contribution >= 0.6 is 11.8 Å². The Morgan fingerprint density at radius 2 is 1.94 bits per heavy atom. The number of halogens is 3. The number of hydrogen-bond donors (Lipinski definition) is 1. The van der Waals surface area contributed by atoms with Gasteiger partial charge in [0.2, 0.25) is 0 Å². The third-order valence-electron chi connectivity index (χ3n) is 2.15. The van der Waals surface area contributed by atoms with E-state index < -0.39 is 22.9 Å². The third-order valence-corrected chi connectivity index (χ3v) is 2.96. The minimum absolute atomic E-state index is 0.0827. The van der Waals surface area contributed by atoms with Gasteiger partial charge in [0, 0.05) is 0 Å². The van der Waals surface area contributed by atoms with E-state index in [1.165, 1.54) is 18.2 Å². The van der Waals surface area contributed by atoms with Crippen molar-refractivity contribution in [3.05, 3.63) is 40.3 Å². The smallest absolute Gasteiger partial charge is 0.282 e. The van der Waals surface area contributed by atoms with Gasteiger partial charge in [0.05, 0.1) is 10.5 Å². The normalized spacial score (nSPS) is 18.3. The fourth-order valence-corrected chi connectivity index (χ4v) is 2.06. The van der Waals surface area contributed by atoms with E-state index in [9.17, 15) is 22.8 Å². The highest BCUT2D eigenvalue weighted by Crippen LogP contribution is 2.31. The Bertz CT molecular complexity index is 551. The number of thioether (sulfide) groups is 1.